The fourth-order valence-corrected chi connectivity index (χ4v) is 7.09. The van der Waals surface area contributed by atoms with Crippen LogP contribution in [-0.2, 0) is 23.9 Å². The Morgan fingerprint density at radius 1 is 1.09 bits per heavy atom. The van der Waals surface area contributed by atoms with Crippen molar-refractivity contribution in [2.45, 2.75) is 29.0 Å². The first-order chi connectivity index (χ1) is 15.7. The predicted octanol–water partition coefficient (Wildman–Crippen LogP) is 2.35. The number of fused-ring (bicyclic) bond motifs is 5. The molecule has 2 aliphatic carbocycles. The number of carbonyl (C=O) groups excluding carboxylic acids is 4. The van der Waals surface area contributed by atoms with E-state index in [2.05, 4.69) is 37.2 Å². The van der Waals surface area contributed by atoms with Crippen molar-refractivity contribution in [3.8, 4) is 11.5 Å². The first-order valence-electron chi connectivity index (χ1n) is 10.5. The SMILES string of the molecule is COc1ccc(OC)c(NC(=O)COC(=O)[C@H](C)N2C(=O)[C@@H]3[C@H]4C[C@@H]([C@H](Br)[C@@H]4Br)[C@@H]3C2=O)c1. The fraction of sp³-hybridized carbons (Fsp3) is 0.545. The molecule has 0 spiro atoms. The number of hydrogen-bond acceptors (Lipinski definition) is 7. The number of esters is 1. The maximum Gasteiger partial charge on any atom is 0.329 e. The summed E-state index contributed by atoms with van der Waals surface area (Å²) in [7, 11) is 2.95. The molecule has 33 heavy (non-hydrogen) atoms. The second-order valence-electron chi connectivity index (χ2n) is 8.45. The van der Waals surface area contributed by atoms with E-state index in [1.807, 2.05) is 0 Å². The summed E-state index contributed by atoms with van der Waals surface area (Å²) in [5.74, 6) is -1.89. The number of alkyl halides is 2. The van der Waals surface area contributed by atoms with Gasteiger partial charge in [-0.1, -0.05) is 31.9 Å². The summed E-state index contributed by atoms with van der Waals surface area (Å²) in [6.45, 7) is 0.867. The molecule has 1 aromatic rings. The second kappa shape index (κ2) is 9.25. The Hall–Kier alpha value is -2.14. The van der Waals surface area contributed by atoms with Crippen LogP contribution in [0.2, 0.25) is 0 Å². The van der Waals surface area contributed by atoms with Gasteiger partial charge in [0.25, 0.3) is 5.91 Å². The Bertz CT molecular complexity index is 971. The third-order valence-electron chi connectivity index (χ3n) is 6.78. The summed E-state index contributed by atoms with van der Waals surface area (Å²) in [5.41, 5.74) is 0.354. The van der Waals surface area contributed by atoms with Crippen LogP contribution in [0.5, 0.6) is 11.5 Å². The van der Waals surface area contributed by atoms with Crippen LogP contribution in [0.1, 0.15) is 13.3 Å². The number of likely N-dealkylation sites (tertiary alicyclic amines) is 1. The van der Waals surface area contributed by atoms with Gasteiger partial charge in [0, 0.05) is 15.7 Å². The molecule has 0 aromatic heterocycles. The van der Waals surface area contributed by atoms with Crippen LogP contribution in [0.4, 0.5) is 5.69 Å². The van der Waals surface area contributed by atoms with Gasteiger partial charge in [0.15, 0.2) is 6.61 Å². The third kappa shape index (κ3) is 4.03. The minimum Gasteiger partial charge on any atom is -0.497 e. The zero-order chi connectivity index (χ0) is 24.0. The van der Waals surface area contributed by atoms with Crippen molar-refractivity contribution in [2.75, 3.05) is 26.1 Å². The van der Waals surface area contributed by atoms with E-state index in [1.54, 1.807) is 18.2 Å². The lowest BCUT2D eigenvalue weighted by Crippen LogP contribution is -2.45. The number of rotatable bonds is 7. The highest BCUT2D eigenvalue weighted by atomic mass is 79.9. The quantitative estimate of drug-likeness (QED) is 0.296. The zero-order valence-corrected chi connectivity index (χ0v) is 21.4. The molecule has 4 rings (SSSR count). The monoisotopic (exact) mass is 586 g/mol. The normalized spacial score (nSPS) is 30.8. The third-order valence-corrected chi connectivity index (χ3v) is 9.98. The van der Waals surface area contributed by atoms with Crippen LogP contribution in [0, 0.1) is 23.7 Å². The standard InChI is InChI=1S/C22H24Br2N2O7/c1-9(26-20(28)16-11-7-12(17(16)21(26)29)19(24)18(11)23)22(30)33-8-15(27)25-13-6-10(31-2)4-5-14(13)32-3/h4-6,9,11-12,16-19H,7-8H2,1-3H3,(H,25,27)/t9-,11+,12+,16-,17+,18-,19+/m0/s1. The van der Waals surface area contributed by atoms with Gasteiger partial charge in [-0.15, -0.1) is 0 Å². The highest BCUT2D eigenvalue weighted by molar-refractivity contribution is 9.12. The van der Waals surface area contributed by atoms with E-state index in [4.69, 9.17) is 14.2 Å². The molecule has 0 radical (unpaired) electrons. The minimum atomic E-state index is -1.11. The first kappa shape index (κ1) is 24.0. The van der Waals surface area contributed by atoms with Crippen LogP contribution in [-0.4, -0.2) is 65.1 Å². The van der Waals surface area contributed by atoms with E-state index in [0.717, 1.165) is 11.3 Å². The molecule has 2 saturated carbocycles. The van der Waals surface area contributed by atoms with Gasteiger partial charge < -0.3 is 19.5 Å². The lowest BCUT2D eigenvalue weighted by molar-refractivity contribution is -0.159. The van der Waals surface area contributed by atoms with Gasteiger partial charge in [0.2, 0.25) is 11.8 Å². The molecule has 3 aliphatic rings. The van der Waals surface area contributed by atoms with Crippen LogP contribution < -0.4 is 14.8 Å². The molecule has 0 unspecified atom stereocenters. The maximum atomic E-state index is 13.1. The number of nitrogens with zero attached hydrogens (tertiary/aromatic N) is 1. The lowest BCUT2D eigenvalue weighted by Gasteiger charge is -2.28. The van der Waals surface area contributed by atoms with Crippen molar-refractivity contribution < 1.29 is 33.4 Å². The van der Waals surface area contributed by atoms with E-state index in [1.165, 1.54) is 21.1 Å². The average Bonchev–Trinajstić information content (AvgIpc) is 3.41. The van der Waals surface area contributed by atoms with Crippen molar-refractivity contribution in [3.63, 3.8) is 0 Å². The van der Waals surface area contributed by atoms with Gasteiger partial charge in [-0.05, 0) is 37.3 Å². The van der Waals surface area contributed by atoms with Gasteiger partial charge >= 0.3 is 5.97 Å². The largest absolute Gasteiger partial charge is 0.497 e. The number of amides is 3. The molecule has 9 nitrogen and oxygen atoms in total. The molecule has 11 heteroatoms. The van der Waals surface area contributed by atoms with E-state index in [0.29, 0.717) is 17.2 Å². The Morgan fingerprint density at radius 2 is 1.70 bits per heavy atom. The molecular weight excluding hydrogens is 564 g/mol. The smallest absolute Gasteiger partial charge is 0.329 e. The van der Waals surface area contributed by atoms with Crippen LogP contribution in [0.15, 0.2) is 18.2 Å². The highest BCUT2D eigenvalue weighted by Gasteiger charge is 2.67. The van der Waals surface area contributed by atoms with Crippen LogP contribution in [0.25, 0.3) is 0 Å². The van der Waals surface area contributed by atoms with Gasteiger partial charge in [-0.3, -0.25) is 19.3 Å². The van der Waals surface area contributed by atoms with Gasteiger partial charge in [0.05, 0.1) is 31.7 Å². The van der Waals surface area contributed by atoms with Crippen molar-refractivity contribution in [2.24, 2.45) is 23.7 Å². The topological polar surface area (TPSA) is 111 Å². The molecule has 1 aliphatic heterocycles. The van der Waals surface area contributed by atoms with E-state index in [-0.39, 0.29) is 33.3 Å². The zero-order valence-electron chi connectivity index (χ0n) is 18.2. The summed E-state index contributed by atoms with van der Waals surface area (Å²) in [6.07, 6.45) is 0.805. The Kier molecular flexibility index (Phi) is 6.73. The average molecular weight is 588 g/mol. The number of methoxy groups -OCH3 is 2. The second-order valence-corrected chi connectivity index (χ2v) is 10.6. The number of ether oxygens (including phenoxy) is 3. The Labute approximate surface area is 207 Å². The van der Waals surface area contributed by atoms with E-state index in [9.17, 15) is 19.2 Å². The number of carbonyl (C=O) groups is 4. The van der Waals surface area contributed by atoms with Crippen molar-refractivity contribution in [1.82, 2.24) is 4.90 Å². The Balaban J connectivity index is 1.37. The van der Waals surface area contributed by atoms with Crippen molar-refractivity contribution in [3.05, 3.63) is 18.2 Å². The lowest BCUT2D eigenvalue weighted by atomic mass is 9.81. The number of hydrogen-bond donors (Lipinski definition) is 1. The number of benzene rings is 1. The molecule has 2 bridgehead atoms. The molecule has 1 aromatic carbocycles. The van der Waals surface area contributed by atoms with Crippen LogP contribution >= 0.6 is 31.9 Å². The van der Waals surface area contributed by atoms with Gasteiger partial charge in [0.1, 0.15) is 17.5 Å². The highest BCUT2D eigenvalue weighted by Crippen LogP contribution is 2.60. The molecule has 178 valence electrons. The summed E-state index contributed by atoms with van der Waals surface area (Å²) in [4.78, 5) is 52.3. The fourth-order valence-electron chi connectivity index (χ4n) is 5.21. The molecule has 3 fully saturated rings. The first-order valence-corrected chi connectivity index (χ1v) is 12.4. The summed E-state index contributed by atoms with van der Waals surface area (Å²) >= 11 is 7.27. The van der Waals surface area contributed by atoms with Crippen molar-refractivity contribution >= 4 is 61.2 Å². The number of anilines is 1. The van der Waals surface area contributed by atoms with Gasteiger partial charge in [-0.25, -0.2) is 4.79 Å². The predicted molar refractivity (Wildman–Crippen MR) is 124 cm³/mol. The molecule has 1 saturated heterocycles. The van der Waals surface area contributed by atoms with E-state index < -0.39 is 36.4 Å². The molecule has 1 N–H and O–H groups in total. The van der Waals surface area contributed by atoms with Crippen LogP contribution in [0.3, 0.4) is 0 Å². The van der Waals surface area contributed by atoms with Crippen molar-refractivity contribution in [1.29, 1.82) is 0 Å². The minimum absolute atomic E-state index is 0.0534. The number of nitrogens with one attached hydrogen (secondary N) is 1. The molecule has 7 atom stereocenters. The van der Waals surface area contributed by atoms with E-state index >= 15 is 0 Å². The Morgan fingerprint density at radius 3 is 2.24 bits per heavy atom. The number of imide groups is 1. The molecular formula is C22H24Br2N2O7. The summed E-state index contributed by atoms with van der Waals surface area (Å²) < 4.78 is 15.5. The summed E-state index contributed by atoms with van der Waals surface area (Å²) in [5, 5.41) is 2.60. The summed E-state index contributed by atoms with van der Waals surface area (Å²) in [6, 6.07) is 3.77. The molecule has 1 heterocycles. The number of halogens is 2. The molecule has 3 amide bonds. The van der Waals surface area contributed by atoms with Gasteiger partial charge in [-0.2, -0.15) is 0 Å². The maximum absolute atomic E-state index is 13.1.